The molecule has 0 amide bonds. The van der Waals surface area contributed by atoms with Gasteiger partial charge in [0.1, 0.15) is 5.70 Å². The van der Waals surface area contributed by atoms with Crippen molar-refractivity contribution in [3.05, 3.63) is 39.5 Å². The molecular weight excluding hydrogens is 258 g/mol. The highest BCUT2D eigenvalue weighted by Gasteiger charge is 2.06. The molecule has 0 fully saturated rings. The van der Waals surface area contributed by atoms with Gasteiger partial charge >= 0.3 is 5.97 Å². The Morgan fingerprint density at radius 1 is 1.53 bits per heavy atom. The minimum absolute atomic E-state index is 0.0960. The summed E-state index contributed by atoms with van der Waals surface area (Å²) in [6.45, 7) is 1.94. The van der Waals surface area contributed by atoms with Gasteiger partial charge in [-0.1, -0.05) is 28.1 Å². The molecule has 3 nitrogen and oxygen atoms in total. The van der Waals surface area contributed by atoms with Crippen molar-refractivity contribution in [3.8, 4) is 0 Å². The molecule has 0 saturated carbocycles. The van der Waals surface area contributed by atoms with Gasteiger partial charge in [0, 0.05) is 4.47 Å². The highest BCUT2D eigenvalue weighted by molar-refractivity contribution is 9.10. The summed E-state index contributed by atoms with van der Waals surface area (Å²) in [4.78, 5) is 11.1. The third-order valence-electron chi connectivity index (χ3n) is 2.04. The van der Waals surface area contributed by atoms with Crippen LogP contribution >= 0.6 is 15.9 Å². The predicted molar refractivity (Wildman–Crippen MR) is 63.1 cm³/mol. The Hall–Kier alpha value is -1.29. The molecule has 0 aliphatic carbocycles. The van der Waals surface area contributed by atoms with Crippen molar-refractivity contribution < 1.29 is 9.53 Å². The monoisotopic (exact) mass is 269 g/mol. The van der Waals surface area contributed by atoms with E-state index in [-0.39, 0.29) is 5.70 Å². The first-order chi connectivity index (χ1) is 7.06. The van der Waals surface area contributed by atoms with E-state index in [4.69, 9.17) is 5.73 Å². The maximum absolute atomic E-state index is 11.1. The molecular formula is C11H12BrNO2. The average Bonchev–Trinajstić information content (AvgIpc) is 2.23. The summed E-state index contributed by atoms with van der Waals surface area (Å²) in [5.74, 6) is -0.519. The number of carbonyl (C=O) groups excluding carboxylic acids is 1. The Kier molecular flexibility index (Phi) is 3.91. The molecule has 4 heteroatoms. The van der Waals surface area contributed by atoms with Crippen LogP contribution in [0, 0.1) is 6.92 Å². The molecule has 1 rings (SSSR count). The maximum atomic E-state index is 11.1. The molecule has 0 unspecified atom stereocenters. The van der Waals surface area contributed by atoms with Crippen molar-refractivity contribution in [1.29, 1.82) is 0 Å². The summed E-state index contributed by atoms with van der Waals surface area (Å²) in [6, 6.07) is 5.70. The normalized spacial score (nSPS) is 11.3. The summed E-state index contributed by atoms with van der Waals surface area (Å²) in [5.41, 5.74) is 7.57. The van der Waals surface area contributed by atoms with Gasteiger partial charge in [0.05, 0.1) is 7.11 Å². The number of halogens is 1. The fraction of sp³-hybridized carbons (Fsp3) is 0.182. The van der Waals surface area contributed by atoms with Crippen LogP contribution in [-0.4, -0.2) is 13.1 Å². The topological polar surface area (TPSA) is 52.3 Å². The van der Waals surface area contributed by atoms with Crippen LogP contribution in [0.2, 0.25) is 0 Å². The van der Waals surface area contributed by atoms with Crippen LogP contribution in [-0.2, 0) is 9.53 Å². The zero-order chi connectivity index (χ0) is 11.4. The minimum atomic E-state index is -0.519. The fourth-order valence-corrected chi connectivity index (χ4v) is 1.51. The zero-order valence-electron chi connectivity index (χ0n) is 8.58. The standard InChI is InChI=1S/C11H12BrNO2/c1-7-8(4-3-5-9(7)12)6-10(13)11(14)15-2/h3-6H,13H2,1-2H3/b10-6+. The molecule has 80 valence electrons. The van der Waals surface area contributed by atoms with Crippen LogP contribution in [0.25, 0.3) is 6.08 Å². The van der Waals surface area contributed by atoms with Gasteiger partial charge in [-0.2, -0.15) is 0 Å². The molecule has 0 bridgehead atoms. The highest BCUT2D eigenvalue weighted by atomic mass is 79.9. The zero-order valence-corrected chi connectivity index (χ0v) is 10.2. The Morgan fingerprint density at radius 3 is 2.80 bits per heavy atom. The Balaban J connectivity index is 3.08. The Labute approximate surface area is 97.0 Å². The van der Waals surface area contributed by atoms with Crippen molar-refractivity contribution in [2.24, 2.45) is 5.73 Å². The lowest BCUT2D eigenvalue weighted by molar-refractivity contribution is -0.136. The molecule has 0 radical (unpaired) electrons. The molecule has 2 N–H and O–H groups in total. The second-order valence-corrected chi connectivity index (χ2v) is 3.90. The lowest BCUT2D eigenvalue weighted by Crippen LogP contribution is -2.12. The lowest BCUT2D eigenvalue weighted by Gasteiger charge is -2.04. The summed E-state index contributed by atoms with van der Waals surface area (Å²) in [5, 5.41) is 0. The number of ether oxygens (including phenoxy) is 1. The Morgan fingerprint density at radius 2 is 2.20 bits per heavy atom. The second-order valence-electron chi connectivity index (χ2n) is 3.05. The number of methoxy groups -OCH3 is 1. The first kappa shape index (κ1) is 11.8. The maximum Gasteiger partial charge on any atom is 0.353 e. The molecule has 0 spiro atoms. The molecule has 0 saturated heterocycles. The molecule has 0 aliphatic heterocycles. The van der Waals surface area contributed by atoms with Gasteiger partial charge in [-0.05, 0) is 30.2 Å². The van der Waals surface area contributed by atoms with E-state index in [0.717, 1.165) is 15.6 Å². The highest BCUT2D eigenvalue weighted by Crippen LogP contribution is 2.20. The van der Waals surface area contributed by atoms with Crippen LogP contribution < -0.4 is 5.73 Å². The van der Waals surface area contributed by atoms with Gasteiger partial charge < -0.3 is 10.5 Å². The number of carbonyl (C=O) groups is 1. The largest absolute Gasteiger partial charge is 0.464 e. The quantitative estimate of drug-likeness (QED) is 0.662. The second kappa shape index (κ2) is 4.98. The van der Waals surface area contributed by atoms with Crippen molar-refractivity contribution in [1.82, 2.24) is 0 Å². The van der Waals surface area contributed by atoms with Gasteiger partial charge in [0.15, 0.2) is 0 Å². The fourth-order valence-electron chi connectivity index (χ4n) is 1.12. The molecule has 0 heterocycles. The van der Waals surface area contributed by atoms with Crippen molar-refractivity contribution in [2.45, 2.75) is 6.92 Å². The lowest BCUT2D eigenvalue weighted by atomic mass is 10.1. The van der Waals surface area contributed by atoms with Gasteiger partial charge in [0.25, 0.3) is 0 Å². The van der Waals surface area contributed by atoms with Crippen LogP contribution in [0.5, 0.6) is 0 Å². The van der Waals surface area contributed by atoms with Gasteiger partial charge in [-0.25, -0.2) is 4.79 Å². The van der Waals surface area contributed by atoms with Crippen molar-refractivity contribution >= 4 is 28.0 Å². The summed E-state index contributed by atoms with van der Waals surface area (Å²) < 4.78 is 5.49. The molecule has 0 aromatic heterocycles. The molecule has 0 atom stereocenters. The minimum Gasteiger partial charge on any atom is -0.464 e. The van der Waals surface area contributed by atoms with E-state index in [1.165, 1.54) is 7.11 Å². The van der Waals surface area contributed by atoms with E-state index in [1.54, 1.807) is 6.08 Å². The van der Waals surface area contributed by atoms with E-state index in [1.807, 2.05) is 25.1 Å². The predicted octanol–water partition coefficient (Wildman–Crippen LogP) is 2.23. The first-order valence-corrected chi connectivity index (χ1v) is 5.16. The number of esters is 1. The smallest absolute Gasteiger partial charge is 0.353 e. The summed E-state index contributed by atoms with van der Waals surface area (Å²) >= 11 is 3.40. The van der Waals surface area contributed by atoms with Gasteiger partial charge in [-0.3, -0.25) is 0 Å². The van der Waals surface area contributed by atoms with E-state index in [0.29, 0.717) is 0 Å². The number of benzene rings is 1. The third kappa shape index (κ3) is 2.83. The van der Waals surface area contributed by atoms with Crippen LogP contribution in [0.1, 0.15) is 11.1 Å². The SMILES string of the molecule is COC(=O)/C(N)=C\c1cccc(Br)c1C. The van der Waals surface area contributed by atoms with E-state index in [9.17, 15) is 4.79 Å². The van der Waals surface area contributed by atoms with E-state index < -0.39 is 5.97 Å². The summed E-state index contributed by atoms with van der Waals surface area (Å²) in [6.07, 6.45) is 1.60. The molecule has 1 aromatic rings. The first-order valence-electron chi connectivity index (χ1n) is 4.37. The number of hydrogen-bond acceptors (Lipinski definition) is 3. The molecule has 15 heavy (non-hydrogen) atoms. The number of nitrogens with two attached hydrogens (primary N) is 1. The molecule has 0 aliphatic rings. The van der Waals surface area contributed by atoms with Crippen LogP contribution in [0.15, 0.2) is 28.4 Å². The van der Waals surface area contributed by atoms with Gasteiger partial charge in [0.2, 0.25) is 0 Å². The van der Waals surface area contributed by atoms with Gasteiger partial charge in [-0.15, -0.1) is 0 Å². The van der Waals surface area contributed by atoms with E-state index in [2.05, 4.69) is 20.7 Å². The Bertz CT molecular complexity index is 413. The molecule has 1 aromatic carbocycles. The number of rotatable bonds is 2. The number of hydrogen-bond donors (Lipinski definition) is 1. The van der Waals surface area contributed by atoms with E-state index >= 15 is 0 Å². The summed E-state index contributed by atoms with van der Waals surface area (Å²) in [7, 11) is 1.30. The van der Waals surface area contributed by atoms with Crippen LogP contribution in [0.4, 0.5) is 0 Å². The van der Waals surface area contributed by atoms with Crippen molar-refractivity contribution in [2.75, 3.05) is 7.11 Å². The average molecular weight is 270 g/mol. The van der Waals surface area contributed by atoms with Crippen LogP contribution in [0.3, 0.4) is 0 Å². The van der Waals surface area contributed by atoms with Crippen molar-refractivity contribution in [3.63, 3.8) is 0 Å². The third-order valence-corrected chi connectivity index (χ3v) is 2.90.